The van der Waals surface area contributed by atoms with Crippen molar-refractivity contribution in [3.63, 3.8) is 0 Å². The maximum Gasteiger partial charge on any atom is 0.318 e. The number of nitrogens with one attached hydrogen (secondary N) is 2. The van der Waals surface area contributed by atoms with Crippen LogP contribution in [0.3, 0.4) is 0 Å². The molecule has 0 spiro atoms. The summed E-state index contributed by atoms with van der Waals surface area (Å²) < 4.78 is 5.51. The van der Waals surface area contributed by atoms with E-state index in [9.17, 15) is 4.79 Å². The molecule has 1 atom stereocenters. The van der Waals surface area contributed by atoms with E-state index in [1.165, 1.54) is 0 Å². The van der Waals surface area contributed by atoms with Crippen molar-refractivity contribution in [2.24, 2.45) is 0 Å². The highest BCUT2D eigenvalue weighted by atomic mass is 16.4. The van der Waals surface area contributed by atoms with Crippen LogP contribution in [0.1, 0.15) is 49.7 Å². The molecule has 3 rings (SSSR count). The molecule has 118 valence electrons. The second-order valence-corrected chi connectivity index (χ2v) is 5.41. The number of amides is 2. The van der Waals surface area contributed by atoms with Gasteiger partial charge in [-0.15, -0.1) is 0 Å². The first-order valence-corrected chi connectivity index (χ1v) is 7.75. The highest BCUT2D eigenvalue weighted by molar-refractivity contribution is 5.74. The Kier molecular flexibility index (Phi) is 4.41. The third kappa shape index (κ3) is 3.13. The molecule has 2 aromatic rings. The quantitative estimate of drug-likeness (QED) is 0.908. The number of hydrogen-bond acceptors (Lipinski definition) is 4. The average Bonchev–Trinajstić information content (AvgIpc) is 3.24. The largest absolute Gasteiger partial charge is 0.444 e. The number of H-pyrrole nitrogens is 1. The normalized spacial score (nSPS) is 18.4. The van der Waals surface area contributed by atoms with E-state index in [1.54, 1.807) is 18.6 Å². The summed E-state index contributed by atoms with van der Waals surface area (Å²) in [7, 11) is 0. The van der Waals surface area contributed by atoms with Gasteiger partial charge in [0.15, 0.2) is 0 Å². The lowest BCUT2D eigenvalue weighted by Gasteiger charge is -2.34. The van der Waals surface area contributed by atoms with Gasteiger partial charge >= 0.3 is 6.03 Å². The maximum atomic E-state index is 12.5. The number of aryl methyl sites for hydroxylation is 1. The summed E-state index contributed by atoms with van der Waals surface area (Å²) in [5, 5.41) is 2.89. The Morgan fingerprint density at radius 1 is 1.50 bits per heavy atom. The van der Waals surface area contributed by atoms with E-state index in [-0.39, 0.29) is 12.1 Å². The predicted molar refractivity (Wildman–Crippen MR) is 80.0 cm³/mol. The Hall–Kier alpha value is -2.31. The van der Waals surface area contributed by atoms with Crippen LogP contribution in [0.2, 0.25) is 0 Å². The Balaban J connectivity index is 1.62. The molecule has 1 unspecified atom stereocenters. The van der Waals surface area contributed by atoms with Crippen molar-refractivity contribution in [1.82, 2.24) is 25.2 Å². The van der Waals surface area contributed by atoms with E-state index in [2.05, 4.69) is 20.3 Å². The van der Waals surface area contributed by atoms with Crippen molar-refractivity contribution < 1.29 is 9.21 Å². The summed E-state index contributed by atoms with van der Waals surface area (Å²) in [4.78, 5) is 25.9. The summed E-state index contributed by atoms with van der Waals surface area (Å²) in [5.41, 5.74) is 0. The molecule has 0 radical (unpaired) electrons. The number of carbonyl (C=O) groups excluding carboxylic acids is 1. The SMILES string of the molecule is CCc1cnc(CNC(=O)N2CCCCC2c2ncc[nH]2)o1. The van der Waals surface area contributed by atoms with E-state index in [1.807, 2.05) is 11.8 Å². The second-order valence-electron chi connectivity index (χ2n) is 5.41. The van der Waals surface area contributed by atoms with Gasteiger partial charge in [0.1, 0.15) is 11.6 Å². The molecule has 22 heavy (non-hydrogen) atoms. The molecule has 7 nitrogen and oxygen atoms in total. The molecular weight excluding hydrogens is 282 g/mol. The van der Waals surface area contributed by atoms with Crippen molar-refractivity contribution in [2.45, 2.75) is 45.2 Å². The number of urea groups is 1. The molecule has 2 amide bonds. The van der Waals surface area contributed by atoms with Crippen LogP contribution >= 0.6 is 0 Å². The van der Waals surface area contributed by atoms with Crippen LogP contribution in [0.5, 0.6) is 0 Å². The van der Waals surface area contributed by atoms with Gasteiger partial charge in [-0.3, -0.25) is 0 Å². The Morgan fingerprint density at radius 2 is 2.41 bits per heavy atom. The number of rotatable bonds is 4. The number of aromatic amines is 1. The van der Waals surface area contributed by atoms with Gasteiger partial charge < -0.3 is 19.6 Å². The van der Waals surface area contributed by atoms with Gasteiger partial charge in [0.2, 0.25) is 5.89 Å². The van der Waals surface area contributed by atoms with Gasteiger partial charge in [0.05, 0.1) is 18.8 Å². The average molecular weight is 303 g/mol. The van der Waals surface area contributed by atoms with E-state index in [0.29, 0.717) is 12.4 Å². The summed E-state index contributed by atoms with van der Waals surface area (Å²) in [5.74, 6) is 2.21. The summed E-state index contributed by atoms with van der Waals surface area (Å²) in [6.07, 6.45) is 9.07. The van der Waals surface area contributed by atoms with Crippen molar-refractivity contribution in [3.05, 3.63) is 36.1 Å². The number of aromatic nitrogens is 3. The smallest absolute Gasteiger partial charge is 0.318 e. The second kappa shape index (κ2) is 6.64. The Bertz CT molecular complexity index is 607. The van der Waals surface area contributed by atoms with Crippen LogP contribution < -0.4 is 5.32 Å². The van der Waals surface area contributed by atoms with Crippen LogP contribution in [0.15, 0.2) is 23.0 Å². The minimum absolute atomic E-state index is 0.0134. The fourth-order valence-electron chi connectivity index (χ4n) is 2.76. The minimum atomic E-state index is -0.0997. The van der Waals surface area contributed by atoms with E-state index >= 15 is 0 Å². The first-order chi connectivity index (χ1) is 10.8. The van der Waals surface area contributed by atoms with Crippen LogP contribution in [0, 0.1) is 0 Å². The number of oxazole rings is 1. The third-order valence-corrected chi connectivity index (χ3v) is 3.94. The van der Waals surface area contributed by atoms with Crippen molar-refractivity contribution in [1.29, 1.82) is 0 Å². The molecule has 1 aliphatic heterocycles. The molecule has 1 aliphatic rings. The Morgan fingerprint density at radius 3 is 3.14 bits per heavy atom. The zero-order valence-electron chi connectivity index (χ0n) is 12.7. The van der Waals surface area contributed by atoms with E-state index in [4.69, 9.17) is 4.42 Å². The number of likely N-dealkylation sites (tertiary alicyclic amines) is 1. The van der Waals surface area contributed by atoms with Crippen LogP contribution in [-0.2, 0) is 13.0 Å². The van der Waals surface area contributed by atoms with Gasteiger partial charge in [-0.25, -0.2) is 14.8 Å². The molecule has 0 bridgehead atoms. The van der Waals surface area contributed by atoms with Gasteiger partial charge in [0.25, 0.3) is 0 Å². The van der Waals surface area contributed by atoms with Crippen LogP contribution in [0.25, 0.3) is 0 Å². The van der Waals surface area contributed by atoms with Crippen LogP contribution in [0.4, 0.5) is 4.79 Å². The topological polar surface area (TPSA) is 87.0 Å². The Labute approximate surface area is 129 Å². The summed E-state index contributed by atoms with van der Waals surface area (Å²) in [6.45, 7) is 3.05. The molecular formula is C15H21N5O2. The van der Waals surface area contributed by atoms with Crippen LogP contribution in [-0.4, -0.2) is 32.4 Å². The van der Waals surface area contributed by atoms with Crippen molar-refractivity contribution in [2.75, 3.05) is 6.54 Å². The lowest BCUT2D eigenvalue weighted by Crippen LogP contribution is -2.44. The van der Waals surface area contributed by atoms with E-state index in [0.717, 1.165) is 43.8 Å². The number of imidazole rings is 1. The number of piperidine rings is 1. The lowest BCUT2D eigenvalue weighted by atomic mass is 10.0. The molecule has 1 saturated heterocycles. The first kappa shape index (κ1) is 14.6. The fourth-order valence-corrected chi connectivity index (χ4v) is 2.76. The number of nitrogens with zero attached hydrogens (tertiary/aromatic N) is 3. The molecule has 0 saturated carbocycles. The highest BCUT2D eigenvalue weighted by Gasteiger charge is 2.29. The molecule has 1 fully saturated rings. The molecule has 0 aliphatic carbocycles. The van der Waals surface area contributed by atoms with E-state index < -0.39 is 0 Å². The van der Waals surface area contributed by atoms with Gasteiger partial charge in [-0.05, 0) is 19.3 Å². The standard InChI is InChI=1S/C15H21N5O2/c1-2-11-9-18-13(22-11)10-19-15(21)20-8-4-3-5-12(20)14-16-6-7-17-14/h6-7,9,12H,2-5,8,10H2,1H3,(H,16,17)(H,19,21). The number of hydrogen-bond donors (Lipinski definition) is 2. The molecule has 3 heterocycles. The highest BCUT2D eigenvalue weighted by Crippen LogP contribution is 2.28. The zero-order valence-corrected chi connectivity index (χ0v) is 12.7. The van der Waals surface area contributed by atoms with Crippen molar-refractivity contribution in [3.8, 4) is 0 Å². The third-order valence-electron chi connectivity index (χ3n) is 3.94. The molecule has 7 heteroatoms. The first-order valence-electron chi connectivity index (χ1n) is 7.75. The maximum absolute atomic E-state index is 12.5. The molecule has 2 aromatic heterocycles. The number of carbonyl (C=O) groups is 1. The molecule has 0 aromatic carbocycles. The summed E-state index contributed by atoms with van der Waals surface area (Å²) in [6, 6.07) is -0.0862. The van der Waals surface area contributed by atoms with Gasteiger partial charge in [-0.2, -0.15) is 0 Å². The lowest BCUT2D eigenvalue weighted by molar-refractivity contribution is 0.147. The van der Waals surface area contributed by atoms with Crippen molar-refractivity contribution >= 4 is 6.03 Å². The van der Waals surface area contributed by atoms with Gasteiger partial charge in [-0.1, -0.05) is 6.92 Å². The molecule has 2 N–H and O–H groups in total. The zero-order chi connectivity index (χ0) is 15.4. The summed E-state index contributed by atoms with van der Waals surface area (Å²) >= 11 is 0. The van der Waals surface area contributed by atoms with Gasteiger partial charge in [0, 0.05) is 25.4 Å². The predicted octanol–water partition coefficient (Wildman–Crippen LogP) is 2.40. The fraction of sp³-hybridized carbons (Fsp3) is 0.533. The minimum Gasteiger partial charge on any atom is -0.444 e. The monoisotopic (exact) mass is 303 g/mol.